The highest BCUT2D eigenvalue weighted by Gasteiger charge is 2.21. The molecule has 0 saturated heterocycles. The average Bonchev–Trinajstić information content (AvgIpc) is 2.71. The Hall–Kier alpha value is -3.07. The van der Waals surface area contributed by atoms with Gasteiger partial charge in [-0.1, -0.05) is 19.1 Å². The van der Waals surface area contributed by atoms with Crippen LogP contribution in [-0.2, 0) is 9.84 Å². The Labute approximate surface area is 156 Å². The molecule has 142 valence electrons. The van der Waals surface area contributed by atoms with Crippen LogP contribution in [0.4, 0.5) is 0 Å². The van der Waals surface area contributed by atoms with E-state index in [9.17, 15) is 18.0 Å². The van der Waals surface area contributed by atoms with E-state index in [0.717, 1.165) is 0 Å². The van der Waals surface area contributed by atoms with Crippen LogP contribution in [0.15, 0.2) is 47.4 Å². The summed E-state index contributed by atoms with van der Waals surface area (Å²) in [4.78, 5) is 24.5. The smallest absolute Gasteiger partial charge is 0.271 e. The summed E-state index contributed by atoms with van der Waals surface area (Å²) in [6, 6.07) is 10.5. The molecule has 27 heavy (non-hydrogen) atoms. The van der Waals surface area contributed by atoms with Crippen molar-refractivity contribution in [1.29, 1.82) is 0 Å². The van der Waals surface area contributed by atoms with Crippen LogP contribution in [0.25, 0.3) is 0 Å². The van der Waals surface area contributed by atoms with Crippen LogP contribution in [0.5, 0.6) is 11.5 Å². The van der Waals surface area contributed by atoms with Gasteiger partial charge in [-0.3, -0.25) is 20.4 Å². The predicted octanol–water partition coefficient (Wildman–Crippen LogP) is 1.33. The topological polar surface area (TPSA) is 111 Å². The van der Waals surface area contributed by atoms with Gasteiger partial charge in [-0.15, -0.1) is 0 Å². The number of rotatable bonds is 4. The molecule has 1 aliphatic rings. The first-order valence-corrected chi connectivity index (χ1v) is 9.89. The van der Waals surface area contributed by atoms with Crippen molar-refractivity contribution in [2.75, 3.05) is 19.0 Å². The molecular formula is C18H18N2O6S. The van der Waals surface area contributed by atoms with Gasteiger partial charge in [-0.05, 0) is 30.3 Å². The van der Waals surface area contributed by atoms with Crippen molar-refractivity contribution >= 4 is 21.7 Å². The van der Waals surface area contributed by atoms with Gasteiger partial charge in [-0.25, -0.2) is 8.42 Å². The van der Waals surface area contributed by atoms with Crippen LogP contribution in [0, 0.1) is 0 Å². The Kier molecular flexibility index (Phi) is 5.31. The molecule has 3 rings (SSSR count). The Morgan fingerprint density at radius 1 is 0.963 bits per heavy atom. The van der Waals surface area contributed by atoms with Crippen molar-refractivity contribution in [2.45, 2.75) is 11.8 Å². The zero-order valence-electron chi connectivity index (χ0n) is 14.5. The van der Waals surface area contributed by atoms with Gasteiger partial charge in [0.05, 0.1) is 16.2 Å². The summed E-state index contributed by atoms with van der Waals surface area (Å²) in [5, 5.41) is 0. The van der Waals surface area contributed by atoms with Gasteiger partial charge < -0.3 is 9.47 Å². The highest BCUT2D eigenvalue weighted by molar-refractivity contribution is 7.91. The van der Waals surface area contributed by atoms with E-state index in [1.807, 2.05) is 0 Å². The molecule has 2 aromatic carbocycles. The van der Waals surface area contributed by atoms with Gasteiger partial charge >= 0.3 is 0 Å². The lowest BCUT2D eigenvalue weighted by Crippen LogP contribution is -2.42. The van der Waals surface area contributed by atoms with Gasteiger partial charge in [0.15, 0.2) is 21.3 Å². The molecule has 1 aliphatic heterocycles. The Balaban J connectivity index is 1.72. The van der Waals surface area contributed by atoms with E-state index in [4.69, 9.17) is 9.47 Å². The first-order valence-electron chi connectivity index (χ1n) is 8.24. The Morgan fingerprint density at radius 3 is 2.37 bits per heavy atom. The molecule has 8 nitrogen and oxygen atoms in total. The maximum Gasteiger partial charge on any atom is 0.271 e. The van der Waals surface area contributed by atoms with E-state index in [0.29, 0.717) is 24.7 Å². The lowest BCUT2D eigenvalue weighted by molar-refractivity contribution is 0.0844. The number of nitrogens with one attached hydrogen (secondary N) is 2. The van der Waals surface area contributed by atoms with Gasteiger partial charge in [0.25, 0.3) is 11.8 Å². The number of ether oxygens (including phenoxy) is 2. The molecule has 0 aliphatic carbocycles. The molecule has 1 heterocycles. The van der Waals surface area contributed by atoms with Crippen molar-refractivity contribution < 1.29 is 27.5 Å². The first kappa shape index (κ1) is 18.7. The monoisotopic (exact) mass is 390 g/mol. The van der Waals surface area contributed by atoms with Crippen LogP contribution in [-0.4, -0.2) is 39.2 Å². The molecule has 0 fully saturated rings. The minimum absolute atomic E-state index is 0.0400. The third kappa shape index (κ3) is 4.03. The molecule has 0 aromatic heterocycles. The molecule has 0 unspecified atom stereocenters. The third-order valence-corrected chi connectivity index (χ3v) is 5.73. The Morgan fingerprint density at radius 2 is 1.63 bits per heavy atom. The van der Waals surface area contributed by atoms with Gasteiger partial charge in [-0.2, -0.15) is 0 Å². The molecule has 2 N–H and O–H groups in total. The van der Waals surface area contributed by atoms with E-state index < -0.39 is 21.7 Å². The van der Waals surface area contributed by atoms with E-state index in [-0.39, 0.29) is 21.8 Å². The summed E-state index contributed by atoms with van der Waals surface area (Å²) in [7, 11) is -3.58. The fraction of sp³-hybridized carbons (Fsp3) is 0.222. The van der Waals surface area contributed by atoms with Crippen LogP contribution < -0.4 is 20.3 Å². The van der Waals surface area contributed by atoms with Crippen molar-refractivity contribution in [3.8, 4) is 11.5 Å². The molecule has 0 saturated carbocycles. The number of amides is 2. The number of benzene rings is 2. The second-order valence-electron chi connectivity index (χ2n) is 5.67. The molecule has 2 aromatic rings. The first-order chi connectivity index (χ1) is 12.9. The lowest BCUT2D eigenvalue weighted by Gasteiger charge is -2.18. The molecule has 9 heteroatoms. The van der Waals surface area contributed by atoms with Crippen molar-refractivity contribution in [3.05, 3.63) is 53.6 Å². The van der Waals surface area contributed by atoms with Crippen LogP contribution in [0.2, 0.25) is 0 Å². The summed E-state index contributed by atoms with van der Waals surface area (Å²) in [6.45, 7) is 2.32. The third-order valence-electron chi connectivity index (χ3n) is 3.94. The number of hydrazine groups is 1. The van der Waals surface area contributed by atoms with E-state index in [1.165, 1.54) is 37.3 Å². The van der Waals surface area contributed by atoms with Gasteiger partial charge in [0.1, 0.15) is 13.2 Å². The quantitative estimate of drug-likeness (QED) is 0.762. The van der Waals surface area contributed by atoms with Crippen molar-refractivity contribution in [1.82, 2.24) is 10.9 Å². The van der Waals surface area contributed by atoms with E-state index in [1.54, 1.807) is 12.1 Å². The molecule has 0 radical (unpaired) electrons. The number of carbonyl (C=O) groups excluding carboxylic acids is 2. The second kappa shape index (κ2) is 7.67. The van der Waals surface area contributed by atoms with Crippen LogP contribution in [0.3, 0.4) is 0 Å². The van der Waals surface area contributed by atoms with E-state index >= 15 is 0 Å². The SMILES string of the molecule is CCS(=O)(=O)c1ccccc1C(=O)NNC(=O)c1ccc2c(c1)OCCO2. The van der Waals surface area contributed by atoms with Crippen LogP contribution in [0.1, 0.15) is 27.6 Å². The summed E-state index contributed by atoms with van der Waals surface area (Å²) in [5.74, 6) is -0.453. The number of hydrogen-bond acceptors (Lipinski definition) is 6. The minimum Gasteiger partial charge on any atom is -0.486 e. The largest absolute Gasteiger partial charge is 0.486 e. The average molecular weight is 390 g/mol. The summed E-state index contributed by atoms with van der Waals surface area (Å²) >= 11 is 0. The summed E-state index contributed by atoms with van der Waals surface area (Å²) in [6.07, 6.45) is 0. The van der Waals surface area contributed by atoms with Gasteiger partial charge in [0.2, 0.25) is 0 Å². The Bertz CT molecular complexity index is 987. The maximum absolute atomic E-state index is 12.4. The summed E-state index contributed by atoms with van der Waals surface area (Å²) < 4.78 is 35.1. The predicted molar refractivity (Wildman–Crippen MR) is 96.5 cm³/mol. The zero-order chi connectivity index (χ0) is 19.4. The highest BCUT2D eigenvalue weighted by atomic mass is 32.2. The van der Waals surface area contributed by atoms with Crippen LogP contribution >= 0.6 is 0 Å². The van der Waals surface area contributed by atoms with Crippen molar-refractivity contribution in [3.63, 3.8) is 0 Å². The zero-order valence-corrected chi connectivity index (χ0v) is 15.3. The summed E-state index contributed by atoms with van der Waals surface area (Å²) in [5.41, 5.74) is 4.73. The fourth-order valence-corrected chi connectivity index (χ4v) is 3.61. The number of carbonyl (C=O) groups is 2. The number of hydrogen-bond donors (Lipinski definition) is 2. The maximum atomic E-state index is 12.4. The number of sulfone groups is 1. The molecule has 2 amide bonds. The normalized spacial score (nSPS) is 12.9. The highest BCUT2D eigenvalue weighted by Crippen LogP contribution is 2.30. The molecule has 0 spiro atoms. The second-order valence-corrected chi connectivity index (χ2v) is 7.91. The minimum atomic E-state index is -3.58. The van der Waals surface area contributed by atoms with E-state index in [2.05, 4.69) is 10.9 Å². The number of fused-ring (bicyclic) bond motifs is 1. The van der Waals surface area contributed by atoms with Gasteiger partial charge in [0, 0.05) is 5.56 Å². The molecule has 0 atom stereocenters. The lowest BCUT2D eigenvalue weighted by atomic mass is 10.2. The molecule has 0 bridgehead atoms. The fourth-order valence-electron chi connectivity index (χ4n) is 2.52. The molecular weight excluding hydrogens is 372 g/mol. The van der Waals surface area contributed by atoms with Crippen molar-refractivity contribution in [2.24, 2.45) is 0 Å². The standard InChI is InChI=1S/C18H18N2O6S/c1-2-27(23,24)16-6-4-3-5-13(16)18(22)20-19-17(21)12-7-8-14-15(11-12)26-10-9-25-14/h3-8,11H,2,9-10H2,1H3,(H,19,21)(H,20,22).